The molecule has 0 fully saturated rings. The molecule has 0 saturated heterocycles. The molecular formula is C17H15F3N4O2S. The summed E-state index contributed by atoms with van der Waals surface area (Å²) in [4.78, 5) is 0.0635. The Bertz CT molecular complexity index is 1080. The number of H-pyrrole nitrogens is 1. The van der Waals surface area contributed by atoms with E-state index < -0.39 is 27.5 Å². The van der Waals surface area contributed by atoms with Crippen molar-refractivity contribution in [3.63, 3.8) is 0 Å². The highest BCUT2D eigenvalue weighted by atomic mass is 32.2. The van der Waals surface area contributed by atoms with E-state index in [1.165, 1.54) is 24.3 Å². The number of anilines is 3. The van der Waals surface area contributed by atoms with Gasteiger partial charge < -0.3 is 5.32 Å². The van der Waals surface area contributed by atoms with Gasteiger partial charge in [-0.3, -0.25) is 9.82 Å². The van der Waals surface area contributed by atoms with Gasteiger partial charge in [0.1, 0.15) is 4.90 Å². The van der Waals surface area contributed by atoms with Crippen LogP contribution >= 0.6 is 0 Å². The van der Waals surface area contributed by atoms with Crippen LogP contribution in [0.3, 0.4) is 0 Å². The zero-order valence-corrected chi connectivity index (χ0v) is 15.1. The minimum atomic E-state index is -3.84. The first-order valence-electron chi connectivity index (χ1n) is 7.74. The molecule has 1 aromatic heterocycles. The molecule has 10 heteroatoms. The van der Waals surface area contributed by atoms with Crippen LogP contribution in [0.2, 0.25) is 0 Å². The van der Waals surface area contributed by atoms with Crippen LogP contribution in [0, 0.1) is 31.3 Å². The van der Waals surface area contributed by atoms with Crippen molar-refractivity contribution < 1.29 is 21.6 Å². The van der Waals surface area contributed by atoms with Crippen LogP contribution in [0.4, 0.5) is 30.2 Å². The monoisotopic (exact) mass is 396 g/mol. The summed E-state index contributed by atoms with van der Waals surface area (Å²) in [5.74, 6) is -4.20. The zero-order valence-electron chi connectivity index (χ0n) is 14.3. The lowest BCUT2D eigenvalue weighted by atomic mass is 10.2. The van der Waals surface area contributed by atoms with Crippen LogP contribution < -0.4 is 10.0 Å². The lowest BCUT2D eigenvalue weighted by molar-refractivity contribution is 0.449. The van der Waals surface area contributed by atoms with Crippen LogP contribution in [-0.4, -0.2) is 18.6 Å². The van der Waals surface area contributed by atoms with Gasteiger partial charge in [-0.2, -0.15) is 5.10 Å². The first-order valence-corrected chi connectivity index (χ1v) is 9.22. The summed E-state index contributed by atoms with van der Waals surface area (Å²) in [5.41, 5.74) is 1.14. The van der Waals surface area contributed by atoms with Gasteiger partial charge in [-0.1, -0.05) is 0 Å². The van der Waals surface area contributed by atoms with Gasteiger partial charge in [-0.05, 0) is 50.2 Å². The second-order valence-corrected chi connectivity index (χ2v) is 7.41. The lowest BCUT2D eigenvalue weighted by Gasteiger charge is -2.11. The number of aryl methyl sites for hydroxylation is 2. The molecule has 0 unspecified atom stereocenters. The van der Waals surface area contributed by atoms with Crippen LogP contribution in [0.15, 0.2) is 41.3 Å². The number of sulfonamides is 1. The molecule has 0 saturated carbocycles. The van der Waals surface area contributed by atoms with Gasteiger partial charge in [0.25, 0.3) is 10.0 Å². The molecule has 0 spiro atoms. The Balaban J connectivity index is 1.79. The summed E-state index contributed by atoms with van der Waals surface area (Å²) in [5, 5.41) is 9.07. The van der Waals surface area contributed by atoms with E-state index in [-0.39, 0.29) is 16.3 Å². The van der Waals surface area contributed by atoms with Crippen molar-refractivity contribution in [1.82, 2.24) is 10.2 Å². The molecule has 142 valence electrons. The van der Waals surface area contributed by atoms with Gasteiger partial charge >= 0.3 is 0 Å². The molecule has 0 atom stereocenters. The molecule has 1 heterocycles. The third-order valence-corrected chi connectivity index (χ3v) is 5.42. The van der Waals surface area contributed by atoms with Crippen molar-refractivity contribution in [2.24, 2.45) is 0 Å². The van der Waals surface area contributed by atoms with Gasteiger partial charge in [0.2, 0.25) is 0 Å². The SMILES string of the molecule is Cc1n[nH]c(C)c1S(=O)(=O)Nc1ccc(Nc2ccc(F)c(F)c2F)cc1. The highest BCUT2D eigenvalue weighted by Gasteiger charge is 2.22. The number of aromatic amines is 1. The predicted molar refractivity (Wildman–Crippen MR) is 94.9 cm³/mol. The fourth-order valence-corrected chi connectivity index (χ4v) is 3.97. The van der Waals surface area contributed by atoms with E-state index in [1.54, 1.807) is 13.8 Å². The third-order valence-electron chi connectivity index (χ3n) is 3.78. The minimum Gasteiger partial charge on any atom is -0.353 e. The van der Waals surface area contributed by atoms with Gasteiger partial charge in [-0.25, -0.2) is 21.6 Å². The average molecular weight is 396 g/mol. The summed E-state index contributed by atoms with van der Waals surface area (Å²) in [7, 11) is -3.84. The number of aromatic nitrogens is 2. The first-order chi connectivity index (χ1) is 12.7. The number of nitrogens with one attached hydrogen (secondary N) is 3. The predicted octanol–water partition coefficient (Wildman–Crippen LogP) is 3.99. The van der Waals surface area contributed by atoms with Crippen molar-refractivity contribution in [3.05, 3.63) is 65.2 Å². The van der Waals surface area contributed by atoms with Crippen LogP contribution in [0.25, 0.3) is 0 Å². The Morgan fingerprint density at radius 2 is 1.56 bits per heavy atom. The van der Waals surface area contributed by atoms with Crippen molar-refractivity contribution in [1.29, 1.82) is 0 Å². The summed E-state index contributed by atoms with van der Waals surface area (Å²) in [6.45, 7) is 3.17. The molecule has 3 N–H and O–H groups in total. The fraction of sp³-hybridized carbons (Fsp3) is 0.118. The van der Waals surface area contributed by atoms with Gasteiger partial charge in [0.15, 0.2) is 17.5 Å². The van der Waals surface area contributed by atoms with E-state index >= 15 is 0 Å². The molecule has 0 amide bonds. The van der Waals surface area contributed by atoms with Crippen molar-refractivity contribution in [2.45, 2.75) is 18.7 Å². The van der Waals surface area contributed by atoms with E-state index in [2.05, 4.69) is 20.2 Å². The van der Waals surface area contributed by atoms with E-state index in [0.717, 1.165) is 12.1 Å². The number of rotatable bonds is 5. The number of hydrogen-bond acceptors (Lipinski definition) is 4. The molecule has 0 radical (unpaired) electrons. The maximum absolute atomic E-state index is 13.7. The Morgan fingerprint density at radius 1 is 0.926 bits per heavy atom. The quantitative estimate of drug-likeness (QED) is 0.569. The number of hydrogen-bond donors (Lipinski definition) is 3. The Kier molecular flexibility index (Phi) is 4.83. The number of benzene rings is 2. The molecule has 0 aliphatic carbocycles. The van der Waals surface area contributed by atoms with E-state index in [0.29, 0.717) is 17.1 Å². The maximum Gasteiger partial charge on any atom is 0.265 e. The Hall–Kier alpha value is -3.01. The first kappa shape index (κ1) is 18.8. The van der Waals surface area contributed by atoms with Gasteiger partial charge in [-0.15, -0.1) is 0 Å². The largest absolute Gasteiger partial charge is 0.353 e. The molecule has 0 aliphatic rings. The van der Waals surface area contributed by atoms with Crippen LogP contribution in [-0.2, 0) is 10.0 Å². The van der Waals surface area contributed by atoms with Crippen molar-refractivity contribution in [3.8, 4) is 0 Å². The summed E-state index contributed by atoms with van der Waals surface area (Å²) >= 11 is 0. The second-order valence-electron chi connectivity index (χ2n) is 5.79. The highest BCUT2D eigenvalue weighted by Crippen LogP contribution is 2.26. The minimum absolute atomic E-state index is 0.0635. The van der Waals surface area contributed by atoms with E-state index in [4.69, 9.17) is 0 Å². The molecule has 6 nitrogen and oxygen atoms in total. The van der Waals surface area contributed by atoms with Crippen molar-refractivity contribution in [2.75, 3.05) is 10.0 Å². The normalized spacial score (nSPS) is 11.4. The topological polar surface area (TPSA) is 86.9 Å². The number of nitrogens with zero attached hydrogens (tertiary/aromatic N) is 1. The molecule has 2 aromatic carbocycles. The number of halogens is 3. The van der Waals surface area contributed by atoms with Crippen LogP contribution in [0.5, 0.6) is 0 Å². The fourth-order valence-electron chi connectivity index (χ4n) is 2.54. The van der Waals surface area contributed by atoms with Crippen LogP contribution in [0.1, 0.15) is 11.4 Å². The summed E-state index contributed by atoms with van der Waals surface area (Å²) < 4.78 is 67.3. The lowest BCUT2D eigenvalue weighted by Crippen LogP contribution is -2.14. The highest BCUT2D eigenvalue weighted by molar-refractivity contribution is 7.92. The van der Waals surface area contributed by atoms with E-state index in [1.807, 2.05) is 0 Å². The summed E-state index contributed by atoms with van der Waals surface area (Å²) in [6, 6.07) is 7.69. The average Bonchev–Trinajstić information content (AvgIpc) is 2.96. The maximum atomic E-state index is 13.7. The third kappa shape index (κ3) is 3.75. The zero-order chi connectivity index (χ0) is 19.8. The Labute approximate surface area is 153 Å². The molecule has 0 aliphatic heterocycles. The molecular weight excluding hydrogens is 381 g/mol. The van der Waals surface area contributed by atoms with Gasteiger partial charge in [0, 0.05) is 11.4 Å². The second kappa shape index (κ2) is 6.95. The van der Waals surface area contributed by atoms with E-state index in [9.17, 15) is 21.6 Å². The Morgan fingerprint density at radius 3 is 2.15 bits per heavy atom. The summed E-state index contributed by atoms with van der Waals surface area (Å²) in [6.07, 6.45) is 0. The molecule has 27 heavy (non-hydrogen) atoms. The van der Waals surface area contributed by atoms with Gasteiger partial charge in [0.05, 0.1) is 17.1 Å². The molecule has 0 bridgehead atoms. The molecule has 3 aromatic rings. The molecule has 3 rings (SSSR count). The smallest absolute Gasteiger partial charge is 0.265 e. The van der Waals surface area contributed by atoms with Crippen molar-refractivity contribution >= 4 is 27.1 Å². The standard InChI is InChI=1S/C17H15F3N4O2S/c1-9-17(10(2)23-22-9)27(25,26)24-12-5-3-11(4-6-12)21-14-8-7-13(18)15(19)16(14)20/h3-8,21,24H,1-2H3,(H,22,23).